The van der Waals surface area contributed by atoms with Gasteiger partial charge in [-0.3, -0.25) is 4.98 Å². The van der Waals surface area contributed by atoms with Gasteiger partial charge in [0.2, 0.25) is 10.0 Å². The molecule has 0 aliphatic rings. The van der Waals surface area contributed by atoms with Crippen LogP contribution in [0, 0.1) is 6.92 Å². The molecule has 0 saturated heterocycles. The van der Waals surface area contributed by atoms with Crippen molar-refractivity contribution in [2.24, 2.45) is 0 Å². The second-order valence-corrected chi connectivity index (χ2v) is 9.98. The predicted molar refractivity (Wildman–Crippen MR) is 134 cm³/mol. The van der Waals surface area contributed by atoms with E-state index in [0.29, 0.717) is 6.42 Å². The average Bonchev–Trinajstić information content (AvgIpc) is 2.84. The lowest BCUT2D eigenvalue weighted by Gasteiger charge is -2.19. The Bertz CT molecular complexity index is 1530. The monoisotopic (exact) mass is 452 g/mol. The van der Waals surface area contributed by atoms with Gasteiger partial charge in [-0.25, -0.2) is 13.1 Å². The van der Waals surface area contributed by atoms with Crippen LogP contribution in [0.3, 0.4) is 0 Å². The van der Waals surface area contributed by atoms with Gasteiger partial charge in [0, 0.05) is 22.9 Å². The molecular formula is C28H24N2O2S. The van der Waals surface area contributed by atoms with Crippen molar-refractivity contribution in [3.8, 4) is 0 Å². The van der Waals surface area contributed by atoms with E-state index in [1.807, 2.05) is 67.6 Å². The average molecular weight is 453 g/mol. The van der Waals surface area contributed by atoms with E-state index in [1.54, 1.807) is 12.1 Å². The zero-order valence-electron chi connectivity index (χ0n) is 18.3. The van der Waals surface area contributed by atoms with Crippen molar-refractivity contribution < 1.29 is 8.42 Å². The minimum absolute atomic E-state index is 0.256. The summed E-state index contributed by atoms with van der Waals surface area (Å²) in [4.78, 5) is 5.20. The highest BCUT2D eigenvalue weighted by Crippen LogP contribution is 2.26. The van der Waals surface area contributed by atoms with Gasteiger partial charge in [0.15, 0.2) is 0 Å². The zero-order valence-corrected chi connectivity index (χ0v) is 19.1. The van der Waals surface area contributed by atoms with E-state index in [-0.39, 0.29) is 4.90 Å². The van der Waals surface area contributed by atoms with Gasteiger partial charge in [-0.1, -0.05) is 90.5 Å². The molecule has 1 atom stereocenters. The Hall–Kier alpha value is -3.54. The van der Waals surface area contributed by atoms with Gasteiger partial charge in [-0.2, -0.15) is 0 Å². The van der Waals surface area contributed by atoms with Crippen molar-refractivity contribution in [2.75, 3.05) is 0 Å². The fourth-order valence-corrected chi connectivity index (χ4v) is 5.33. The molecule has 0 aliphatic carbocycles. The number of rotatable bonds is 6. The van der Waals surface area contributed by atoms with Crippen LogP contribution in [0.25, 0.3) is 21.7 Å². The number of fused-ring (bicyclic) bond motifs is 3. The molecule has 0 bridgehead atoms. The highest BCUT2D eigenvalue weighted by atomic mass is 32.2. The number of hydrogen-bond acceptors (Lipinski definition) is 3. The van der Waals surface area contributed by atoms with E-state index in [1.165, 1.54) is 0 Å². The molecule has 1 unspecified atom stereocenters. The number of aromatic nitrogens is 1. The molecular weight excluding hydrogens is 428 g/mol. The fraction of sp³-hybridized carbons (Fsp3) is 0.107. The van der Waals surface area contributed by atoms with Crippen molar-refractivity contribution in [1.82, 2.24) is 9.71 Å². The summed E-state index contributed by atoms with van der Waals surface area (Å²) in [6.07, 6.45) is 0.439. The van der Waals surface area contributed by atoms with Crippen molar-refractivity contribution in [1.29, 1.82) is 0 Å². The molecule has 0 aliphatic heterocycles. The molecule has 164 valence electrons. The highest BCUT2D eigenvalue weighted by Gasteiger charge is 2.22. The van der Waals surface area contributed by atoms with Crippen LogP contribution in [0.4, 0.5) is 0 Å². The second kappa shape index (κ2) is 8.77. The maximum atomic E-state index is 13.2. The quantitative estimate of drug-likeness (QED) is 0.324. The van der Waals surface area contributed by atoms with Crippen molar-refractivity contribution in [2.45, 2.75) is 24.3 Å². The Balaban J connectivity index is 1.53. The summed E-state index contributed by atoms with van der Waals surface area (Å²) in [6.45, 7) is 1.94. The topological polar surface area (TPSA) is 59.1 Å². The number of aryl methyl sites for hydroxylation is 1. The van der Waals surface area contributed by atoms with Crippen LogP contribution in [0.2, 0.25) is 0 Å². The first-order valence-electron chi connectivity index (χ1n) is 10.9. The lowest BCUT2D eigenvalue weighted by Crippen LogP contribution is -2.30. The van der Waals surface area contributed by atoms with Gasteiger partial charge in [0.25, 0.3) is 0 Å². The van der Waals surface area contributed by atoms with Gasteiger partial charge in [-0.15, -0.1) is 0 Å². The molecule has 1 heterocycles. The molecule has 5 aromatic rings. The van der Waals surface area contributed by atoms with Crippen LogP contribution in [0.15, 0.2) is 108 Å². The Kier molecular flexibility index (Phi) is 5.67. The summed E-state index contributed by atoms with van der Waals surface area (Å²) in [5.74, 6) is 0. The molecule has 33 heavy (non-hydrogen) atoms. The highest BCUT2D eigenvalue weighted by molar-refractivity contribution is 7.89. The first kappa shape index (κ1) is 21.3. The fourth-order valence-electron chi connectivity index (χ4n) is 4.11. The third kappa shape index (κ3) is 4.51. The largest absolute Gasteiger partial charge is 0.252 e. The predicted octanol–water partition coefficient (Wildman–Crippen LogP) is 5.96. The number of pyridine rings is 1. The third-order valence-corrected chi connectivity index (χ3v) is 7.37. The number of nitrogens with one attached hydrogen (secondary N) is 1. The SMILES string of the molecule is Cc1ccc(S(=O)(=O)NC(Cc2ccc3ccc4ccccc4c3n2)c2ccccc2)cc1. The van der Waals surface area contributed by atoms with Gasteiger partial charge in [0.1, 0.15) is 0 Å². The first-order valence-corrected chi connectivity index (χ1v) is 12.4. The number of nitrogens with zero attached hydrogens (tertiary/aromatic N) is 1. The number of benzene rings is 4. The second-order valence-electron chi connectivity index (χ2n) is 8.26. The normalized spacial score (nSPS) is 12.8. The van der Waals surface area contributed by atoms with Crippen LogP contribution in [-0.2, 0) is 16.4 Å². The lowest BCUT2D eigenvalue weighted by atomic mass is 10.0. The maximum Gasteiger partial charge on any atom is 0.241 e. The van der Waals surface area contributed by atoms with Crippen LogP contribution < -0.4 is 4.72 Å². The Morgan fingerprint density at radius 1 is 0.758 bits per heavy atom. The molecule has 1 aromatic heterocycles. The van der Waals surface area contributed by atoms with Crippen LogP contribution in [0.5, 0.6) is 0 Å². The maximum absolute atomic E-state index is 13.2. The van der Waals surface area contributed by atoms with Crippen LogP contribution >= 0.6 is 0 Å². The van der Waals surface area contributed by atoms with Gasteiger partial charge in [-0.05, 0) is 36.1 Å². The third-order valence-electron chi connectivity index (χ3n) is 5.89. The van der Waals surface area contributed by atoms with E-state index < -0.39 is 16.1 Å². The van der Waals surface area contributed by atoms with Crippen molar-refractivity contribution >= 4 is 31.7 Å². The van der Waals surface area contributed by atoms with Crippen LogP contribution in [0.1, 0.15) is 22.9 Å². The molecule has 0 fully saturated rings. The smallest absolute Gasteiger partial charge is 0.241 e. The van der Waals surface area contributed by atoms with E-state index in [9.17, 15) is 8.42 Å². The minimum atomic E-state index is -3.70. The Morgan fingerprint density at radius 3 is 2.21 bits per heavy atom. The van der Waals surface area contributed by atoms with Crippen molar-refractivity contribution in [3.05, 3.63) is 120 Å². The van der Waals surface area contributed by atoms with Gasteiger partial charge >= 0.3 is 0 Å². The van der Waals surface area contributed by atoms with E-state index >= 15 is 0 Å². The number of hydrogen-bond donors (Lipinski definition) is 1. The molecule has 0 saturated carbocycles. The molecule has 4 nitrogen and oxygen atoms in total. The zero-order chi connectivity index (χ0) is 22.8. The van der Waals surface area contributed by atoms with Gasteiger partial charge < -0.3 is 0 Å². The Labute approximate surface area is 194 Å². The first-order chi connectivity index (χ1) is 16.0. The molecule has 5 rings (SSSR count). The number of sulfonamides is 1. The lowest BCUT2D eigenvalue weighted by molar-refractivity contribution is 0.553. The standard InChI is InChI=1S/C28H24N2O2S/c1-20-11-17-25(18-12-20)33(31,32)30-27(22-8-3-2-4-9-22)19-24-16-15-23-14-13-21-7-5-6-10-26(21)28(23)29-24/h2-18,27,30H,19H2,1H3. The summed E-state index contributed by atoms with van der Waals surface area (Å²) < 4.78 is 29.3. The summed E-state index contributed by atoms with van der Waals surface area (Å²) in [6, 6.07) is 32.5. The summed E-state index contributed by atoms with van der Waals surface area (Å²) in [7, 11) is -3.70. The minimum Gasteiger partial charge on any atom is -0.252 e. The van der Waals surface area contributed by atoms with E-state index in [4.69, 9.17) is 4.98 Å². The molecule has 5 heteroatoms. The summed E-state index contributed by atoms with van der Waals surface area (Å²) >= 11 is 0. The molecule has 1 N–H and O–H groups in total. The summed E-state index contributed by atoms with van der Waals surface area (Å²) in [5, 5.41) is 3.29. The molecule has 0 radical (unpaired) electrons. The van der Waals surface area contributed by atoms with Crippen molar-refractivity contribution in [3.63, 3.8) is 0 Å². The van der Waals surface area contributed by atoms with Gasteiger partial charge in [0.05, 0.1) is 16.5 Å². The Morgan fingerprint density at radius 2 is 1.42 bits per heavy atom. The molecule has 0 spiro atoms. The van der Waals surface area contributed by atoms with E-state index in [0.717, 1.165) is 38.5 Å². The summed E-state index contributed by atoms with van der Waals surface area (Å²) in [5.41, 5.74) is 3.67. The molecule has 4 aromatic carbocycles. The molecule has 0 amide bonds. The van der Waals surface area contributed by atoms with Crippen LogP contribution in [-0.4, -0.2) is 13.4 Å². The van der Waals surface area contributed by atoms with E-state index in [2.05, 4.69) is 35.1 Å².